The number of rotatable bonds is 5. The van der Waals surface area contributed by atoms with E-state index >= 15 is 0 Å². The number of hydrogen-bond donors (Lipinski definition) is 1. The van der Waals surface area contributed by atoms with E-state index in [1.807, 2.05) is 0 Å². The van der Waals surface area contributed by atoms with E-state index in [1.54, 1.807) is 6.07 Å². The highest BCUT2D eigenvalue weighted by Gasteiger charge is 2.34. The molecule has 0 bridgehead atoms. The molecule has 1 N–H and O–H groups in total. The van der Waals surface area contributed by atoms with E-state index in [1.165, 1.54) is 37.8 Å². The van der Waals surface area contributed by atoms with Crippen molar-refractivity contribution in [3.8, 4) is 11.4 Å². The minimum absolute atomic E-state index is 0.0268. The highest BCUT2D eigenvalue weighted by Crippen LogP contribution is 2.32. The molecule has 10 heteroatoms. The van der Waals surface area contributed by atoms with Crippen LogP contribution in [0, 0.1) is 0 Å². The molecule has 7 nitrogen and oxygen atoms in total. The predicted octanol–water partition coefficient (Wildman–Crippen LogP) is 2.55. The van der Waals surface area contributed by atoms with Crippen LogP contribution in [0.25, 0.3) is 11.4 Å². The third kappa shape index (κ3) is 4.05. The fraction of sp³-hybridized carbons (Fsp3) is 0.167. The van der Waals surface area contributed by atoms with Gasteiger partial charge in [-0.2, -0.15) is 13.2 Å². The van der Waals surface area contributed by atoms with E-state index in [9.17, 15) is 22.8 Å². The Labute approximate surface area is 156 Å². The Morgan fingerprint density at radius 3 is 2.61 bits per heavy atom. The first-order valence-corrected chi connectivity index (χ1v) is 8.05. The molecule has 0 amide bonds. The summed E-state index contributed by atoms with van der Waals surface area (Å²) in [5.41, 5.74) is -1.26. The molecular formula is C18H14F3N5O2. The second kappa shape index (κ2) is 7.59. The largest absolute Gasteiger partial charge is 0.417 e. The van der Waals surface area contributed by atoms with E-state index in [0.717, 1.165) is 16.7 Å². The highest BCUT2D eigenvalue weighted by molar-refractivity contribution is 6.00. The number of benzene rings is 1. The van der Waals surface area contributed by atoms with Gasteiger partial charge in [-0.15, -0.1) is 0 Å². The Balaban J connectivity index is 1.87. The number of nitrogens with zero attached hydrogens (tertiary/aromatic N) is 4. The summed E-state index contributed by atoms with van der Waals surface area (Å²) in [7, 11) is 1.43. The topological polar surface area (TPSA) is 89.8 Å². The standard InChI is InChI=1S/C18H14F3N5O2/c1-26-16(28)8-14(13-6-7-22-10-24-13)25-17(26)23-9-15(27)11-4-2-3-5-12(11)18(19,20)21/h2-8,10H,9H2,1H3,(H,23,25). The van der Waals surface area contributed by atoms with Gasteiger partial charge in [-0.05, 0) is 12.1 Å². The summed E-state index contributed by atoms with van der Waals surface area (Å²) in [5, 5.41) is 2.63. The molecule has 0 aliphatic rings. The van der Waals surface area contributed by atoms with E-state index in [2.05, 4.69) is 20.3 Å². The van der Waals surface area contributed by atoms with Gasteiger partial charge in [0.1, 0.15) is 6.33 Å². The maximum atomic E-state index is 13.1. The van der Waals surface area contributed by atoms with Gasteiger partial charge >= 0.3 is 6.18 Å². The maximum absolute atomic E-state index is 13.1. The first-order chi connectivity index (χ1) is 13.3. The summed E-state index contributed by atoms with van der Waals surface area (Å²) < 4.78 is 40.4. The Morgan fingerprint density at radius 2 is 1.93 bits per heavy atom. The number of alkyl halides is 3. The van der Waals surface area contributed by atoms with Crippen molar-refractivity contribution in [1.29, 1.82) is 0 Å². The fourth-order valence-corrected chi connectivity index (χ4v) is 2.50. The van der Waals surface area contributed by atoms with Gasteiger partial charge in [0.05, 0.1) is 23.5 Å². The lowest BCUT2D eigenvalue weighted by molar-refractivity contribution is -0.137. The minimum atomic E-state index is -4.65. The summed E-state index contributed by atoms with van der Waals surface area (Å²) in [5.74, 6) is -0.756. The monoisotopic (exact) mass is 389 g/mol. The number of ketones is 1. The smallest absolute Gasteiger partial charge is 0.348 e. The van der Waals surface area contributed by atoms with Gasteiger partial charge in [-0.25, -0.2) is 15.0 Å². The normalized spacial score (nSPS) is 11.3. The van der Waals surface area contributed by atoms with Crippen LogP contribution in [0.5, 0.6) is 0 Å². The van der Waals surface area contributed by atoms with Gasteiger partial charge in [0.15, 0.2) is 5.78 Å². The van der Waals surface area contributed by atoms with Crippen molar-refractivity contribution in [2.75, 3.05) is 11.9 Å². The first-order valence-electron chi connectivity index (χ1n) is 8.05. The lowest BCUT2D eigenvalue weighted by Crippen LogP contribution is -2.25. The molecule has 0 aliphatic heterocycles. The van der Waals surface area contributed by atoms with Crippen molar-refractivity contribution >= 4 is 11.7 Å². The quantitative estimate of drug-likeness (QED) is 0.675. The van der Waals surface area contributed by atoms with Crippen LogP contribution < -0.4 is 10.9 Å². The van der Waals surface area contributed by atoms with Crippen LogP contribution in [0.1, 0.15) is 15.9 Å². The Bertz CT molecular complexity index is 1060. The molecule has 0 aliphatic carbocycles. The molecule has 0 saturated heterocycles. The fourth-order valence-electron chi connectivity index (χ4n) is 2.50. The third-order valence-corrected chi connectivity index (χ3v) is 3.92. The van der Waals surface area contributed by atoms with Crippen LogP contribution in [0.2, 0.25) is 0 Å². The van der Waals surface area contributed by atoms with Crippen LogP contribution in [0.4, 0.5) is 19.1 Å². The van der Waals surface area contributed by atoms with Crippen LogP contribution in [0.3, 0.4) is 0 Å². The summed E-state index contributed by atoms with van der Waals surface area (Å²) >= 11 is 0. The van der Waals surface area contributed by atoms with Crippen molar-refractivity contribution in [1.82, 2.24) is 19.5 Å². The minimum Gasteiger partial charge on any atom is -0.348 e. The molecule has 0 atom stereocenters. The van der Waals surface area contributed by atoms with Gasteiger partial charge in [0.25, 0.3) is 5.56 Å². The van der Waals surface area contributed by atoms with Crippen LogP contribution in [0.15, 0.2) is 53.7 Å². The van der Waals surface area contributed by atoms with Crippen LogP contribution in [-0.2, 0) is 13.2 Å². The van der Waals surface area contributed by atoms with E-state index in [0.29, 0.717) is 5.69 Å². The Hall–Kier alpha value is -3.56. The maximum Gasteiger partial charge on any atom is 0.417 e. The van der Waals surface area contributed by atoms with Crippen molar-refractivity contribution in [2.24, 2.45) is 7.05 Å². The van der Waals surface area contributed by atoms with Crippen LogP contribution in [-0.4, -0.2) is 31.8 Å². The van der Waals surface area contributed by atoms with Crippen molar-refractivity contribution in [2.45, 2.75) is 6.18 Å². The number of halogens is 3. The lowest BCUT2D eigenvalue weighted by Gasteiger charge is -2.13. The Kier molecular flexibility index (Phi) is 5.21. The molecule has 1 aromatic carbocycles. The predicted molar refractivity (Wildman–Crippen MR) is 94.8 cm³/mol. The van der Waals surface area contributed by atoms with Crippen LogP contribution >= 0.6 is 0 Å². The Morgan fingerprint density at radius 1 is 1.18 bits per heavy atom. The molecule has 0 unspecified atom stereocenters. The first kappa shape index (κ1) is 19.2. The summed E-state index contributed by atoms with van der Waals surface area (Å²) in [6, 6.07) is 7.33. The number of carbonyl (C=O) groups excluding carboxylic acids is 1. The van der Waals surface area contributed by atoms with Gasteiger partial charge in [-0.1, -0.05) is 18.2 Å². The zero-order chi connectivity index (χ0) is 20.3. The number of aromatic nitrogens is 4. The summed E-state index contributed by atoms with van der Waals surface area (Å²) in [4.78, 5) is 36.5. The number of Topliss-reactive ketones (excluding diaryl/α,β-unsaturated/α-hetero) is 1. The number of nitrogens with one attached hydrogen (secondary N) is 1. The molecule has 0 fully saturated rings. The van der Waals surface area contributed by atoms with Crippen molar-refractivity contribution in [3.63, 3.8) is 0 Å². The van der Waals surface area contributed by atoms with Gasteiger partial charge in [0, 0.05) is 24.9 Å². The molecule has 3 rings (SSSR count). The summed E-state index contributed by atoms with van der Waals surface area (Å²) in [6.45, 7) is -0.472. The molecule has 3 aromatic rings. The van der Waals surface area contributed by atoms with Crippen molar-refractivity contribution in [3.05, 3.63) is 70.4 Å². The SMILES string of the molecule is Cn1c(NCC(=O)c2ccccc2C(F)(F)F)nc(-c2ccncn2)cc1=O. The molecule has 0 spiro atoms. The van der Waals surface area contributed by atoms with E-state index < -0.39 is 35.2 Å². The molecule has 0 saturated carbocycles. The zero-order valence-corrected chi connectivity index (χ0v) is 14.6. The van der Waals surface area contributed by atoms with Gasteiger partial charge in [0.2, 0.25) is 5.95 Å². The number of hydrogen-bond acceptors (Lipinski definition) is 6. The third-order valence-electron chi connectivity index (χ3n) is 3.92. The second-order valence-electron chi connectivity index (χ2n) is 5.78. The van der Waals surface area contributed by atoms with Crippen molar-refractivity contribution < 1.29 is 18.0 Å². The van der Waals surface area contributed by atoms with E-state index in [-0.39, 0.29) is 11.6 Å². The molecular weight excluding hydrogens is 375 g/mol. The molecule has 144 valence electrons. The number of anilines is 1. The number of carbonyl (C=O) groups is 1. The molecule has 0 radical (unpaired) electrons. The van der Waals surface area contributed by atoms with Gasteiger partial charge < -0.3 is 5.32 Å². The highest BCUT2D eigenvalue weighted by atomic mass is 19.4. The average molecular weight is 389 g/mol. The average Bonchev–Trinajstić information content (AvgIpc) is 2.68. The molecule has 28 heavy (non-hydrogen) atoms. The second-order valence-corrected chi connectivity index (χ2v) is 5.78. The van der Waals surface area contributed by atoms with E-state index in [4.69, 9.17) is 0 Å². The summed E-state index contributed by atoms with van der Waals surface area (Å²) in [6.07, 6.45) is -1.88. The molecule has 2 aromatic heterocycles. The van der Waals surface area contributed by atoms with Gasteiger partial charge in [-0.3, -0.25) is 14.2 Å². The lowest BCUT2D eigenvalue weighted by atomic mass is 10.0. The zero-order valence-electron chi connectivity index (χ0n) is 14.6. The molecule has 2 heterocycles.